The summed E-state index contributed by atoms with van der Waals surface area (Å²) in [4.78, 5) is 37.6. The standard InChI is InChI=1S/C25H17ClN2O4S/c26-19-9-11-20(12-10-19)28-24(32)21(23(31)27-25(28)33)13-15-1-5-17(6-2-15)18-7-3-16(4-8-18)14-22(29)30/h1-13H,14H2,(H,29,30)(H,27,31,33)/b21-13-. The first-order chi connectivity index (χ1) is 15.8. The highest BCUT2D eigenvalue weighted by Crippen LogP contribution is 2.25. The molecule has 0 aliphatic carbocycles. The second-order valence-corrected chi connectivity index (χ2v) is 8.15. The number of hydrogen-bond donors (Lipinski definition) is 2. The van der Waals surface area contributed by atoms with Crippen LogP contribution in [-0.2, 0) is 20.8 Å². The van der Waals surface area contributed by atoms with E-state index in [0.717, 1.165) is 16.7 Å². The Balaban J connectivity index is 1.58. The Morgan fingerprint density at radius 3 is 2.09 bits per heavy atom. The number of aliphatic carboxylic acids is 1. The lowest BCUT2D eigenvalue weighted by atomic mass is 10.0. The van der Waals surface area contributed by atoms with Crippen LogP contribution < -0.4 is 10.2 Å². The number of carboxylic acids is 1. The van der Waals surface area contributed by atoms with Gasteiger partial charge in [-0.2, -0.15) is 0 Å². The van der Waals surface area contributed by atoms with Gasteiger partial charge in [-0.25, -0.2) is 0 Å². The zero-order chi connectivity index (χ0) is 23.5. The number of rotatable bonds is 5. The zero-order valence-electron chi connectivity index (χ0n) is 17.1. The van der Waals surface area contributed by atoms with Gasteiger partial charge in [0.15, 0.2) is 5.11 Å². The molecule has 4 rings (SSSR count). The van der Waals surface area contributed by atoms with Crippen LogP contribution in [0.25, 0.3) is 17.2 Å². The molecule has 0 unspecified atom stereocenters. The van der Waals surface area contributed by atoms with E-state index in [1.54, 1.807) is 48.5 Å². The van der Waals surface area contributed by atoms with E-state index in [9.17, 15) is 14.4 Å². The molecular formula is C25H17ClN2O4S. The van der Waals surface area contributed by atoms with Gasteiger partial charge in [0.2, 0.25) is 0 Å². The normalized spacial score (nSPS) is 15.0. The van der Waals surface area contributed by atoms with Crippen molar-refractivity contribution >= 4 is 58.5 Å². The summed E-state index contributed by atoms with van der Waals surface area (Å²) in [6.45, 7) is 0. The van der Waals surface area contributed by atoms with Crippen LogP contribution in [0.2, 0.25) is 5.02 Å². The van der Waals surface area contributed by atoms with E-state index in [2.05, 4.69) is 5.32 Å². The van der Waals surface area contributed by atoms with Crippen LogP contribution in [0, 0.1) is 0 Å². The van der Waals surface area contributed by atoms with Crippen molar-refractivity contribution in [1.29, 1.82) is 0 Å². The molecule has 6 nitrogen and oxygen atoms in total. The van der Waals surface area contributed by atoms with Crippen LogP contribution in [0.3, 0.4) is 0 Å². The number of halogens is 1. The fourth-order valence-electron chi connectivity index (χ4n) is 3.41. The molecule has 0 saturated carbocycles. The lowest BCUT2D eigenvalue weighted by Crippen LogP contribution is -2.54. The number of carbonyl (C=O) groups is 3. The predicted molar refractivity (Wildman–Crippen MR) is 131 cm³/mol. The van der Waals surface area contributed by atoms with Gasteiger partial charge in [0.25, 0.3) is 11.8 Å². The summed E-state index contributed by atoms with van der Waals surface area (Å²) in [6, 6.07) is 21.2. The number of carbonyl (C=O) groups excluding carboxylic acids is 2. The van der Waals surface area contributed by atoms with Crippen LogP contribution in [0.1, 0.15) is 11.1 Å². The minimum Gasteiger partial charge on any atom is -0.481 e. The largest absolute Gasteiger partial charge is 0.481 e. The Morgan fingerprint density at radius 2 is 1.52 bits per heavy atom. The Kier molecular flexibility index (Phi) is 6.35. The SMILES string of the molecule is O=C(O)Cc1ccc(-c2ccc(/C=C3/C(=O)NC(=S)N(c4ccc(Cl)cc4)C3=O)cc2)cc1. The van der Waals surface area contributed by atoms with Crippen LogP contribution in [0.4, 0.5) is 5.69 Å². The molecule has 1 heterocycles. The number of nitrogens with zero attached hydrogens (tertiary/aromatic N) is 1. The van der Waals surface area contributed by atoms with Crippen molar-refractivity contribution in [3.63, 3.8) is 0 Å². The molecule has 0 radical (unpaired) electrons. The molecule has 0 aromatic heterocycles. The number of amides is 2. The third-order valence-corrected chi connectivity index (χ3v) is 5.59. The van der Waals surface area contributed by atoms with Crippen molar-refractivity contribution in [3.05, 3.63) is 94.5 Å². The highest BCUT2D eigenvalue weighted by molar-refractivity contribution is 7.80. The van der Waals surface area contributed by atoms with Gasteiger partial charge in [0.05, 0.1) is 12.1 Å². The Morgan fingerprint density at radius 1 is 0.939 bits per heavy atom. The predicted octanol–water partition coefficient (Wildman–Crippen LogP) is 4.47. The van der Waals surface area contributed by atoms with Crippen molar-refractivity contribution < 1.29 is 19.5 Å². The van der Waals surface area contributed by atoms with Gasteiger partial charge < -0.3 is 5.11 Å². The third kappa shape index (κ3) is 5.00. The number of anilines is 1. The average molecular weight is 477 g/mol. The molecule has 164 valence electrons. The summed E-state index contributed by atoms with van der Waals surface area (Å²) in [5.41, 5.74) is 3.70. The molecular weight excluding hydrogens is 460 g/mol. The molecule has 1 aliphatic heterocycles. The van der Waals surface area contributed by atoms with E-state index in [-0.39, 0.29) is 17.1 Å². The van der Waals surface area contributed by atoms with Crippen LogP contribution in [0.15, 0.2) is 78.4 Å². The van der Waals surface area contributed by atoms with Crippen molar-refractivity contribution in [2.24, 2.45) is 0 Å². The number of hydrogen-bond acceptors (Lipinski definition) is 4. The second-order valence-electron chi connectivity index (χ2n) is 7.32. The average Bonchev–Trinajstić information content (AvgIpc) is 2.78. The van der Waals surface area contributed by atoms with Crippen molar-refractivity contribution in [1.82, 2.24) is 5.32 Å². The van der Waals surface area contributed by atoms with Crippen molar-refractivity contribution in [2.75, 3.05) is 4.90 Å². The molecule has 3 aromatic rings. The van der Waals surface area contributed by atoms with Gasteiger partial charge in [0, 0.05) is 5.02 Å². The summed E-state index contributed by atoms with van der Waals surface area (Å²) in [6.07, 6.45) is 1.49. The highest BCUT2D eigenvalue weighted by atomic mass is 35.5. The van der Waals surface area contributed by atoms with Crippen molar-refractivity contribution in [3.8, 4) is 11.1 Å². The van der Waals surface area contributed by atoms with Gasteiger partial charge in [-0.15, -0.1) is 0 Å². The number of benzene rings is 3. The number of thiocarbonyl (C=S) groups is 1. The molecule has 3 aromatic carbocycles. The molecule has 0 atom stereocenters. The van der Waals surface area contributed by atoms with Gasteiger partial charge in [-0.3, -0.25) is 24.6 Å². The smallest absolute Gasteiger partial charge is 0.307 e. The first-order valence-electron chi connectivity index (χ1n) is 9.90. The first kappa shape index (κ1) is 22.4. The minimum absolute atomic E-state index is 0.00571. The summed E-state index contributed by atoms with van der Waals surface area (Å²) < 4.78 is 0. The van der Waals surface area contributed by atoms with Gasteiger partial charge in [0.1, 0.15) is 5.57 Å². The molecule has 8 heteroatoms. The number of carboxylic acid groups (broad SMARTS) is 1. The third-order valence-electron chi connectivity index (χ3n) is 5.05. The second kappa shape index (κ2) is 9.36. The summed E-state index contributed by atoms with van der Waals surface area (Å²) in [5.74, 6) is -1.96. The van der Waals surface area contributed by atoms with E-state index in [4.69, 9.17) is 28.9 Å². The Labute approximate surface area is 200 Å². The van der Waals surface area contributed by atoms with E-state index in [0.29, 0.717) is 16.3 Å². The Bertz CT molecular complexity index is 1280. The molecule has 0 spiro atoms. The molecule has 1 fully saturated rings. The van der Waals surface area contributed by atoms with Crippen LogP contribution >= 0.6 is 23.8 Å². The van der Waals surface area contributed by atoms with E-state index >= 15 is 0 Å². The fourth-order valence-corrected chi connectivity index (χ4v) is 3.82. The lowest BCUT2D eigenvalue weighted by molar-refractivity contribution is -0.136. The topological polar surface area (TPSA) is 86.7 Å². The summed E-state index contributed by atoms with van der Waals surface area (Å²) in [5, 5.41) is 12.0. The Hall–Kier alpha value is -3.81. The lowest BCUT2D eigenvalue weighted by Gasteiger charge is -2.28. The minimum atomic E-state index is -0.878. The summed E-state index contributed by atoms with van der Waals surface area (Å²) in [7, 11) is 0. The van der Waals surface area contributed by atoms with Gasteiger partial charge in [-0.05, 0) is 64.8 Å². The molecule has 1 aliphatic rings. The molecule has 0 bridgehead atoms. The van der Waals surface area contributed by atoms with Gasteiger partial charge in [-0.1, -0.05) is 60.1 Å². The maximum absolute atomic E-state index is 13.1. The number of nitrogens with one attached hydrogen (secondary N) is 1. The first-order valence-corrected chi connectivity index (χ1v) is 10.7. The fraction of sp³-hybridized carbons (Fsp3) is 0.0400. The summed E-state index contributed by atoms with van der Waals surface area (Å²) >= 11 is 11.1. The van der Waals surface area contributed by atoms with E-state index in [1.165, 1.54) is 11.0 Å². The highest BCUT2D eigenvalue weighted by Gasteiger charge is 2.34. The molecule has 2 N–H and O–H groups in total. The quantitative estimate of drug-likeness (QED) is 0.322. The van der Waals surface area contributed by atoms with Crippen LogP contribution in [-0.4, -0.2) is 28.0 Å². The van der Waals surface area contributed by atoms with E-state index in [1.807, 2.05) is 24.3 Å². The maximum atomic E-state index is 13.1. The molecule has 2 amide bonds. The van der Waals surface area contributed by atoms with Crippen LogP contribution in [0.5, 0.6) is 0 Å². The molecule has 1 saturated heterocycles. The monoisotopic (exact) mass is 476 g/mol. The zero-order valence-corrected chi connectivity index (χ0v) is 18.7. The maximum Gasteiger partial charge on any atom is 0.307 e. The van der Waals surface area contributed by atoms with Crippen molar-refractivity contribution in [2.45, 2.75) is 6.42 Å². The van der Waals surface area contributed by atoms with E-state index < -0.39 is 17.8 Å². The van der Waals surface area contributed by atoms with Gasteiger partial charge >= 0.3 is 5.97 Å². The molecule has 33 heavy (non-hydrogen) atoms.